The molecule has 2 aliphatic rings. The van der Waals surface area contributed by atoms with Crippen LogP contribution in [0.2, 0.25) is 5.02 Å². The van der Waals surface area contributed by atoms with Crippen LogP contribution < -0.4 is 10.2 Å². The van der Waals surface area contributed by atoms with Gasteiger partial charge >= 0.3 is 0 Å². The molecule has 0 bridgehead atoms. The van der Waals surface area contributed by atoms with Crippen molar-refractivity contribution in [3.8, 4) is 0 Å². The Hall–Kier alpha value is -2.13. The molecule has 0 unspecified atom stereocenters. The van der Waals surface area contributed by atoms with Crippen molar-refractivity contribution < 1.29 is 13.2 Å². The van der Waals surface area contributed by atoms with Crippen LogP contribution in [-0.2, 0) is 10.0 Å². The Morgan fingerprint density at radius 3 is 2.25 bits per heavy atom. The van der Waals surface area contributed by atoms with Crippen molar-refractivity contribution in [2.45, 2.75) is 24.7 Å². The predicted octanol–water partition coefficient (Wildman–Crippen LogP) is 3.52. The first-order valence-corrected chi connectivity index (χ1v) is 12.9. The van der Waals surface area contributed by atoms with Crippen molar-refractivity contribution >= 4 is 38.9 Å². The van der Waals surface area contributed by atoms with Crippen LogP contribution in [0.25, 0.3) is 0 Å². The van der Waals surface area contributed by atoms with Crippen LogP contribution in [-0.4, -0.2) is 69.3 Å². The van der Waals surface area contributed by atoms with Crippen LogP contribution in [0.15, 0.2) is 47.4 Å². The molecule has 172 valence electrons. The minimum Gasteiger partial charge on any atom is -0.367 e. The number of carbonyl (C=O) groups is 1. The van der Waals surface area contributed by atoms with Crippen LogP contribution in [0, 0.1) is 0 Å². The van der Waals surface area contributed by atoms with Crippen molar-refractivity contribution in [2.75, 3.05) is 56.0 Å². The highest BCUT2D eigenvalue weighted by molar-refractivity contribution is 7.89. The lowest BCUT2D eigenvalue weighted by atomic mass is 10.1. The fourth-order valence-electron chi connectivity index (χ4n) is 4.24. The van der Waals surface area contributed by atoms with E-state index in [9.17, 15) is 13.2 Å². The van der Waals surface area contributed by atoms with Crippen LogP contribution in [0.4, 0.5) is 11.4 Å². The first kappa shape index (κ1) is 23.0. The van der Waals surface area contributed by atoms with Gasteiger partial charge in [-0.3, -0.25) is 4.79 Å². The summed E-state index contributed by atoms with van der Waals surface area (Å²) in [4.78, 5) is 17.8. The Labute approximate surface area is 195 Å². The zero-order valence-corrected chi connectivity index (χ0v) is 19.8. The largest absolute Gasteiger partial charge is 0.367 e. The number of rotatable bonds is 6. The van der Waals surface area contributed by atoms with Gasteiger partial charge in [-0.25, -0.2) is 8.42 Å². The van der Waals surface area contributed by atoms with Crippen molar-refractivity contribution in [3.05, 3.63) is 53.1 Å². The minimum atomic E-state index is -3.50. The van der Waals surface area contributed by atoms with Crippen LogP contribution in [0.3, 0.4) is 0 Å². The van der Waals surface area contributed by atoms with E-state index >= 15 is 0 Å². The van der Waals surface area contributed by atoms with Gasteiger partial charge in [-0.1, -0.05) is 18.5 Å². The van der Waals surface area contributed by atoms with Gasteiger partial charge in [-0.05, 0) is 61.9 Å². The molecule has 0 radical (unpaired) electrons. The summed E-state index contributed by atoms with van der Waals surface area (Å²) in [5, 5.41) is 3.51. The van der Waals surface area contributed by atoms with Gasteiger partial charge in [0.1, 0.15) is 0 Å². The van der Waals surface area contributed by atoms with E-state index in [1.54, 1.807) is 18.2 Å². The molecule has 2 saturated heterocycles. The second-order valence-corrected chi connectivity index (χ2v) is 10.5. The van der Waals surface area contributed by atoms with E-state index in [2.05, 4.69) is 22.0 Å². The lowest BCUT2D eigenvalue weighted by Crippen LogP contribution is -2.46. The number of hydrogen-bond acceptors (Lipinski definition) is 5. The van der Waals surface area contributed by atoms with Gasteiger partial charge in [0.05, 0.1) is 16.3 Å². The van der Waals surface area contributed by atoms with Gasteiger partial charge in [0.25, 0.3) is 5.91 Å². The van der Waals surface area contributed by atoms with Crippen LogP contribution in [0.5, 0.6) is 0 Å². The predicted molar refractivity (Wildman–Crippen MR) is 128 cm³/mol. The number of amides is 1. The fraction of sp³-hybridized carbons (Fsp3) is 0.435. The third kappa shape index (κ3) is 4.93. The summed E-state index contributed by atoms with van der Waals surface area (Å²) in [7, 11) is -3.50. The molecule has 0 aromatic heterocycles. The molecule has 9 heteroatoms. The molecule has 1 amide bonds. The number of anilines is 2. The average molecular weight is 477 g/mol. The molecule has 2 aromatic carbocycles. The molecule has 0 aliphatic carbocycles. The summed E-state index contributed by atoms with van der Waals surface area (Å²) in [5.41, 5.74) is 1.99. The molecule has 2 aliphatic heterocycles. The highest BCUT2D eigenvalue weighted by Crippen LogP contribution is 2.31. The van der Waals surface area contributed by atoms with E-state index in [0.29, 0.717) is 29.4 Å². The van der Waals surface area contributed by atoms with Crippen LogP contribution in [0.1, 0.15) is 30.1 Å². The van der Waals surface area contributed by atoms with E-state index in [1.807, 2.05) is 12.1 Å². The molecule has 0 atom stereocenters. The molecule has 0 spiro atoms. The molecule has 1 N–H and O–H groups in total. The number of benzene rings is 2. The maximum absolute atomic E-state index is 12.9. The summed E-state index contributed by atoms with van der Waals surface area (Å²) in [5.74, 6) is -0.300. The number of nitrogens with zero attached hydrogens (tertiary/aromatic N) is 3. The summed E-state index contributed by atoms with van der Waals surface area (Å²) in [6.45, 7) is 7.98. The summed E-state index contributed by atoms with van der Waals surface area (Å²) >= 11 is 6.21. The number of piperazine rings is 1. The summed E-state index contributed by atoms with van der Waals surface area (Å²) < 4.78 is 26.9. The van der Waals surface area contributed by atoms with E-state index in [0.717, 1.165) is 51.3 Å². The zero-order chi connectivity index (χ0) is 22.7. The van der Waals surface area contributed by atoms with Gasteiger partial charge < -0.3 is 15.1 Å². The van der Waals surface area contributed by atoms with Gasteiger partial charge in [0.15, 0.2) is 0 Å². The first-order chi connectivity index (χ1) is 15.4. The number of nitrogens with one attached hydrogen (secondary N) is 1. The molecule has 7 nitrogen and oxygen atoms in total. The lowest BCUT2D eigenvalue weighted by molar-refractivity contribution is 0.102. The molecular weight excluding hydrogens is 448 g/mol. The molecule has 4 rings (SSSR count). The van der Waals surface area contributed by atoms with Gasteiger partial charge in [0.2, 0.25) is 10.0 Å². The van der Waals surface area contributed by atoms with Crippen molar-refractivity contribution in [3.63, 3.8) is 0 Å². The second-order valence-electron chi connectivity index (χ2n) is 8.17. The smallest absolute Gasteiger partial charge is 0.255 e. The number of carbonyl (C=O) groups excluding carboxylic acids is 1. The Morgan fingerprint density at radius 1 is 0.969 bits per heavy atom. The van der Waals surface area contributed by atoms with Crippen molar-refractivity contribution in [1.29, 1.82) is 0 Å². The monoisotopic (exact) mass is 476 g/mol. The van der Waals surface area contributed by atoms with Gasteiger partial charge in [0, 0.05) is 49.9 Å². The van der Waals surface area contributed by atoms with Crippen molar-refractivity contribution in [2.24, 2.45) is 0 Å². The molecule has 2 fully saturated rings. The Morgan fingerprint density at radius 2 is 1.62 bits per heavy atom. The Kier molecular flexibility index (Phi) is 7.05. The molecule has 0 saturated carbocycles. The zero-order valence-electron chi connectivity index (χ0n) is 18.3. The number of hydrogen-bond donors (Lipinski definition) is 1. The van der Waals surface area contributed by atoms with Crippen LogP contribution >= 0.6 is 11.6 Å². The van der Waals surface area contributed by atoms with E-state index in [1.165, 1.54) is 16.4 Å². The maximum atomic E-state index is 12.9. The highest BCUT2D eigenvalue weighted by atomic mass is 35.5. The van der Waals surface area contributed by atoms with E-state index < -0.39 is 10.0 Å². The SMILES string of the molecule is CCN1CCN(c2ccc(Cl)cc2NC(=O)c2ccc(S(=O)(=O)N3CCCC3)cc2)CC1. The molecule has 2 heterocycles. The van der Waals surface area contributed by atoms with Crippen molar-refractivity contribution in [1.82, 2.24) is 9.21 Å². The molecule has 32 heavy (non-hydrogen) atoms. The molecule has 2 aromatic rings. The third-order valence-electron chi connectivity index (χ3n) is 6.19. The number of sulfonamides is 1. The maximum Gasteiger partial charge on any atom is 0.255 e. The summed E-state index contributed by atoms with van der Waals surface area (Å²) in [6, 6.07) is 11.6. The first-order valence-electron chi connectivity index (χ1n) is 11.1. The second kappa shape index (κ2) is 9.79. The summed E-state index contributed by atoms with van der Waals surface area (Å²) in [6.07, 6.45) is 1.77. The normalized spacial score (nSPS) is 18.1. The third-order valence-corrected chi connectivity index (χ3v) is 8.33. The Balaban J connectivity index is 1.50. The lowest BCUT2D eigenvalue weighted by Gasteiger charge is -2.36. The van der Waals surface area contributed by atoms with Gasteiger partial charge in [-0.2, -0.15) is 4.31 Å². The number of halogens is 1. The number of likely N-dealkylation sites (N-methyl/N-ethyl adjacent to an activating group) is 1. The fourth-order valence-corrected chi connectivity index (χ4v) is 5.93. The quantitative estimate of drug-likeness (QED) is 0.690. The van der Waals surface area contributed by atoms with Gasteiger partial charge in [-0.15, -0.1) is 0 Å². The molecular formula is C23H29ClN4O3S. The van der Waals surface area contributed by atoms with E-state index in [4.69, 9.17) is 11.6 Å². The van der Waals surface area contributed by atoms with E-state index in [-0.39, 0.29) is 10.8 Å². The highest BCUT2D eigenvalue weighted by Gasteiger charge is 2.27. The topological polar surface area (TPSA) is 73.0 Å². The Bertz CT molecular complexity index is 1060. The standard InChI is InChI=1S/C23H29ClN4O3S/c1-2-26-13-15-27(16-14-26)22-10-7-19(24)17-21(22)25-23(29)18-5-8-20(9-6-18)32(30,31)28-11-3-4-12-28/h5-10,17H,2-4,11-16H2,1H3,(H,25,29). The average Bonchev–Trinajstić information content (AvgIpc) is 3.35. The minimum absolute atomic E-state index is 0.216.